The molecule has 9 heteroatoms. The summed E-state index contributed by atoms with van der Waals surface area (Å²) >= 11 is 0.789. The van der Waals surface area contributed by atoms with Crippen molar-refractivity contribution in [2.45, 2.75) is 6.54 Å². The second-order valence-corrected chi connectivity index (χ2v) is 7.43. The smallest absolute Gasteiger partial charge is 0.293 e. The van der Waals surface area contributed by atoms with E-state index in [0.717, 1.165) is 16.7 Å². The molecule has 1 saturated heterocycles. The molecule has 1 aliphatic rings. The number of imide groups is 1. The molecule has 2 aromatic carbocycles. The van der Waals surface area contributed by atoms with Gasteiger partial charge in [-0.15, -0.1) is 0 Å². The van der Waals surface area contributed by atoms with Crippen molar-refractivity contribution in [3.8, 4) is 5.69 Å². The van der Waals surface area contributed by atoms with Crippen LogP contribution in [0.3, 0.4) is 0 Å². The Hall–Kier alpha value is -3.72. The maximum absolute atomic E-state index is 13.9. The van der Waals surface area contributed by atoms with Crippen LogP contribution in [-0.4, -0.2) is 25.5 Å². The molecule has 1 fully saturated rings. The zero-order valence-corrected chi connectivity index (χ0v) is 16.2. The van der Waals surface area contributed by atoms with E-state index in [4.69, 9.17) is 0 Å². The van der Waals surface area contributed by atoms with Crippen LogP contribution in [0.4, 0.5) is 14.9 Å². The van der Waals surface area contributed by atoms with Gasteiger partial charge >= 0.3 is 0 Å². The molecule has 4 rings (SSSR count). The van der Waals surface area contributed by atoms with Crippen LogP contribution >= 0.6 is 11.8 Å². The van der Waals surface area contributed by atoms with Gasteiger partial charge in [-0.3, -0.25) is 24.6 Å². The highest BCUT2D eigenvalue weighted by molar-refractivity contribution is 8.18. The van der Waals surface area contributed by atoms with E-state index in [1.807, 2.05) is 0 Å². The van der Waals surface area contributed by atoms with Crippen molar-refractivity contribution in [2.75, 3.05) is 0 Å². The molecule has 0 atom stereocenters. The Bertz CT molecular complexity index is 1190. The number of aromatic nitrogens is 1. The number of amides is 2. The first-order valence-corrected chi connectivity index (χ1v) is 9.66. The van der Waals surface area contributed by atoms with Crippen LogP contribution < -0.4 is 0 Å². The quantitative estimate of drug-likeness (QED) is 0.336. The lowest BCUT2D eigenvalue weighted by atomic mass is 10.2. The molecule has 0 saturated carbocycles. The van der Waals surface area contributed by atoms with E-state index in [1.54, 1.807) is 53.2 Å². The van der Waals surface area contributed by atoms with Crippen molar-refractivity contribution < 1.29 is 18.9 Å². The maximum atomic E-state index is 13.9. The lowest BCUT2D eigenvalue weighted by Crippen LogP contribution is -2.27. The first-order valence-electron chi connectivity index (χ1n) is 8.85. The summed E-state index contributed by atoms with van der Waals surface area (Å²) in [5.74, 6) is -0.975. The monoisotopic (exact) mass is 423 g/mol. The van der Waals surface area contributed by atoms with Gasteiger partial charge in [0.2, 0.25) is 0 Å². The van der Waals surface area contributed by atoms with Crippen molar-refractivity contribution >= 4 is 34.7 Å². The summed E-state index contributed by atoms with van der Waals surface area (Å²) in [6, 6.07) is 15.5. The lowest BCUT2D eigenvalue weighted by Gasteiger charge is -2.12. The molecule has 1 aromatic heterocycles. The summed E-state index contributed by atoms with van der Waals surface area (Å²) in [7, 11) is 0. The summed E-state index contributed by atoms with van der Waals surface area (Å²) in [5.41, 5.74) is 1.53. The molecule has 7 nitrogen and oxygen atoms in total. The minimum atomic E-state index is -0.496. The lowest BCUT2D eigenvalue weighted by molar-refractivity contribution is -0.384. The molecule has 0 spiro atoms. The molecule has 0 unspecified atom stereocenters. The molecule has 0 N–H and O–H groups in total. The van der Waals surface area contributed by atoms with Crippen molar-refractivity contribution in [1.82, 2.24) is 9.47 Å². The summed E-state index contributed by atoms with van der Waals surface area (Å²) in [4.78, 5) is 36.6. The number of nitro benzene ring substituents is 1. The molecule has 1 aliphatic heterocycles. The molecular formula is C21H14FN3O4S. The Morgan fingerprint density at radius 2 is 1.77 bits per heavy atom. The Labute approximate surface area is 174 Å². The van der Waals surface area contributed by atoms with Gasteiger partial charge in [0.25, 0.3) is 16.8 Å². The predicted molar refractivity (Wildman–Crippen MR) is 110 cm³/mol. The highest BCUT2D eigenvalue weighted by atomic mass is 32.2. The number of thioether (sulfide) groups is 1. The number of non-ortho nitro benzene ring substituents is 1. The van der Waals surface area contributed by atoms with E-state index in [0.29, 0.717) is 11.4 Å². The van der Waals surface area contributed by atoms with Gasteiger partial charge in [0.1, 0.15) is 5.82 Å². The number of halogens is 1. The molecule has 150 valence electrons. The number of nitro groups is 1. The fourth-order valence-corrected chi connectivity index (χ4v) is 3.87. The van der Waals surface area contributed by atoms with E-state index in [2.05, 4.69) is 0 Å². The van der Waals surface area contributed by atoms with Crippen molar-refractivity contribution in [2.24, 2.45) is 0 Å². The largest absolute Gasteiger partial charge is 0.317 e. The number of hydrogen-bond acceptors (Lipinski definition) is 5. The van der Waals surface area contributed by atoms with Crippen LogP contribution in [0.15, 0.2) is 71.8 Å². The normalized spacial score (nSPS) is 15.2. The van der Waals surface area contributed by atoms with E-state index in [9.17, 15) is 24.1 Å². The van der Waals surface area contributed by atoms with Gasteiger partial charge in [-0.05, 0) is 48.2 Å². The molecule has 30 heavy (non-hydrogen) atoms. The number of benzene rings is 2. The minimum absolute atomic E-state index is 0.0262. The summed E-state index contributed by atoms with van der Waals surface area (Å²) in [5, 5.41) is 10.4. The van der Waals surface area contributed by atoms with Crippen LogP contribution in [0, 0.1) is 15.9 Å². The number of hydrogen-bond donors (Lipinski definition) is 0. The molecule has 3 aromatic rings. The topological polar surface area (TPSA) is 85.5 Å². The van der Waals surface area contributed by atoms with Gasteiger partial charge in [0.05, 0.1) is 16.4 Å². The fraction of sp³-hybridized carbons (Fsp3) is 0.0476. The van der Waals surface area contributed by atoms with Crippen LogP contribution in [0.25, 0.3) is 11.8 Å². The van der Waals surface area contributed by atoms with Gasteiger partial charge in [-0.2, -0.15) is 0 Å². The fourth-order valence-electron chi connectivity index (χ4n) is 3.05. The Balaban J connectivity index is 1.60. The van der Waals surface area contributed by atoms with Gasteiger partial charge in [-0.25, -0.2) is 4.39 Å². The van der Waals surface area contributed by atoms with Gasteiger partial charge in [-0.1, -0.05) is 18.2 Å². The van der Waals surface area contributed by atoms with Gasteiger partial charge in [0, 0.05) is 35.3 Å². The second kappa shape index (κ2) is 7.96. The van der Waals surface area contributed by atoms with Crippen molar-refractivity contribution in [1.29, 1.82) is 0 Å². The van der Waals surface area contributed by atoms with Crippen molar-refractivity contribution in [3.63, 3.8) is 0 Å². The van der Waals surface area contributed by atoms with Crippen LogP contribution in [-0.2, 0) is 11.3 Å². The Kier molecular flexibility index (Phi) is 5.20. The third kappa shape index (κ3) is 3.74. The average Bonchev–Trinajstić information content (AvgIpc) is 3.30. The highest BCUT2D eigenvalue weighted by Gasteiger charge is 2.35. The summed E-state index contributed by atoms with van der Waals surface area (Å²) in [6.07, 6.45) is 3.32. The van der Waals surface area contributed by atoms with Crippen LogP contribution in [0.5, 0.6) is 0 Å². The number of nitrogens with zero attached hydrogens (tertiary/aromatic N) is 3. The zero-order valence-electron chi connectivity index (χ0n) is 15.4. The van der Waals surface area contributed by atoms with Crippen LogP contribution in [0.2, 0.25) is 0 Å². The molecule has 0 radical (unpaired) electrons. The highest BCUT2D eigenvalue weighted by Crippen LogP contribution is 2.34. The molecule has 0 bridgehead atoms. The minimum Gasteiger partial charge on any atom is -0.317 e. The predicted octanol–water partition coefficient (Wildman–Crippen LogP) is 4.76. The Morgan fingerprint density at radius 3 is 2.47 bits per heavy atom. The standard InChI is InChI=1S/C21H14FN3O4S/c22-18-6-2-1-4-14(18)13-24-20(26)19(30-21(24)27)12-17-5-3-11-23(17)15-7-9-16(10-8-15)25(28)29/h1-12H,13H2/b19-12-. The van der Waals surface area contributed by atoms with Gasteiger partial charge < -0.3 is 4.57 Å². The SMILES string of the molecule is O=C1S/C(=C\c2cccn2-c2ccc([N+](=O)[O-])cc2)C(=O)N1Cc1ccccc1F. The summed E-state index contributed by atoms with van der Waals surface area (Å²) in [6.45, 7) is -0.141. The zero-order chi connectivity index (χ0) is 21.3. The van der Waals surface area contributed by atoms with E-state index in [1.165, 1.54) is 24.3 Å². The van der Waals surface area contributed by atoms with E-state index < -0.39 is 21.9 Å². The number of carbonyl (C=O) groups is 2. The molecule has 2 amide bonds. The average molecular weight is 423 g/mol. The first kappa shape index (κ1) is 19.6. The molecule has 0 aliphatic carbocycles. The van der Waals surface area contributed by atoms with E-state index in [-0.39, 0.29) is 22.7 Å². The molecular weight excluding hydrogens is 409 g/mol. The maximum Gasteiger partial charge on any atom is 0.293 e. The van der Waals surface area contributed by atoms with Gasteiger partial charge in [0.15, 0.2) is 0 Å². The number of rotatable bonds is 5. The molecule has 2 heterocycles. The Morgan fingerprint density at radius 1 is 1.03 bits per heavy atom. The summed E-state index contributed by atoms with van der Waals surface area (Å²) < 4.78 is 15.6. The third-order valence-corrected chi connectivity index (χ3v) is 5.47. The third-order valence-electron chi connectivity index (χ3n) is 4.56. The number of carbonyl (C=O) groups excluding carboxylic acids is 2. The van der Waals surface area contributed by atoms with E-state index >= 15 is 0 Å². The van der Waals surface area contributed by atoms with Crippen molar-refractivity contribution in [3.05, 3.63) is 99.0 Å². The second-order valence-electron chi connectivity index (χ2n) is 6.44. The van der Waals surface area contributed by atoms with Crippen LogP contribution in [0.1, 0.15) is 11.3 Å². The first-order chi connectivity index (χ1) is 14.4.